The van der Waals surface area contributed by atoms with Gasteiger partial charge < -0.3 is 18.5 Å². The minimum Gasteiger partial charge on any atom is -0.551 e. The summed E-state index contributed by atoms with van der Waals surface area (Å²) in [6, 6.07) is 71.7. The molecule has 0 saturated carbocycles. The second-order valence-electron chi connectivity index (χ2n) is 15.6. The van der Waals surface area contributed by atoms with E-state index in [1.807, 2.05) is 0 Å². The Morgan fingerprint density at radius 3 is 1.39 bits per heavy atom. The van der Waals surface area contributed by atoms with Crippen LogP contribution in [0.25, 0.3) is 88.4 Å². The van der Waals surface area contributed by atoms with Crippen LogP contribution in [0.3, 0.4) is 0 Å². The number of aromatic nitrogens is 2. The van der Waals surface area contributed by atoms with E-state index in [2.05, 4.69) is 209 Å². The van der Waals surface area contributed by atoms with E-state index < -0.39 is 0 Å². The van der Waals surface area contributed by atoms with Gasteiger partial charge in [-0.1, -0.05) is 140 Å². The molecule has 0 atom stereocenters. The number of para-hydroxylation sites is 7. The van der Waals surface area contributed by atoms with Gasteiger partial charge in [-0.05, 0) is 77.4 Å². The van der Waals surface area contributed by atoms with E-state index in [-0.39, 0.29) is 6.92 Å². The lowest BCUT2D eigenvalue weighted by Crippen LogP contribution is -2.53. The van der Waals surface area contributed by atoms with Gasteiger partial charge in [0, 0.05) is 49.2 Å². The van der Waals surface area contributed by atoms with Gasteiger partial charge in [-0.25, -0.2) is 0 Å². The Kier molecular flexibility index (Phi) is 6.78. The van der Waals surface area contributed by atoms with Crippen LogP contribution in [0, 0.1) is 0 Å². The predicted octanol–water partition coefficient (Wildman–Crippen LogP) is 12.5. The number of benzene rings is 9. The van der Waals surface area contributed by atoms with E-state index in [4.69, 9.17) is 9.39 Å². The molecular weight excluding hydrogens is 719 g/mol. The monoisotopic (exact) mass is 752 g/mol. The van der Waals surface area contributed by atoms with Crippen molar-refractivity contribution in [2.45, 2.75) is 0 Å². The Morgan fingerprint density at radius 2 is 0.814 bits per heavy atom. The quantitative estimate of drug-likeness (QED) is 0.168. The van der Waals surface area contributed by atoms with Crippen molar-refractivity contribution in [3.63, 3.8) is 0 Å². The van der Waals surface area contributed by atoms with Gasteiger partial charge in [0.1, 0.15) is 17.2 Å². The molecule has 11 aromatic rings. The van der Waals surface area contributed by atoms with Crippen LogP contribution in [0.4, 0.5) is 0 Å². The van der Waals surface area contributed by atoms with Crippen molar-refractivity contribution in [1.29, 1.82) is 0 Å². The third kappa shape index (κ3) is 4.67. The predicted molar refractivity (Wildman–Crippen MR) is 244 cm³/mol. The zero-order valence-electron chi connectivity index (χ0n) is 31.8. The summed E-state index contributed by atoms with van der Waals surface area (Å²) in [5, 5.41) is 4.97. The summed E-state index contributed by atoms with van der Waals surface area (Å²) < 4.78 is 18.8. The molecule has 2 aliphatic heterocycles. The fourth-order valence-electron chi connectivity index (χ4n) is 9.88. The van der Waals surface area contributed by atoms with Gasteiger partial charge in [0.2, 0.25) is 0 Å². The Labute approximate surface area is 340 Å². The van der Waals surface area contributed by atoms with Gasteiger partial charge in [0.25, 0.3) is 0 Å². The van der Waals surface area contributed by atoms with Crippen LogP contribution in [0.15, 0.2) is 200 Å². The second-order valence-corrected chi connectivity index (χ2v) is 15.6. The molecule has 0 aliphatic carbocycles. The zero-order chi connectivity index (χ0) is 38.6. The van der Waals surface area contributed by atoms with Crippen molar-refractivity contribution in [2.24, 2.45) is 0 Å². The van der Waals surface area contributed by atoms with Gasteiger partial charge in [0.15, 0.2) is 0 Å². The molecule has 9 aromatic carbocycles. The van der Waals surface area contributed by atoms with Crippen molar-refractivity contribution in [3.8, 4) is 62.0 Å². The maximum atomic E-state index is 7.01. The first-order valence-electron chi connectivity index (χ1n) is 20.2. The van der Waals surface area contributed by atoms with Crippen LogP contribution < -0.4 is 20.3 Å². The Balaban J connectivity index is 0.986. The molecule has 0 amide bonds. The van der Waals surface area contributed by atoms with Crippen molar-refractivity contribution in [1.82, 2.24) is 9.13 Å². The summed E-state index contributed by atoms with van der Waals surface area (Å²) in [5.41, 5.74) is 15.7. The highest BCUT2D eigenvalue weighted by Crippen LogP contribution is 2.44. The fourth-order valence-corrected chi connectivity index (χ4v) is 9.88. The molecule has 13 rings (SSSR count). The molecule has 0 fully saturated rings. The molecule has 4 nitrogen and oxygen atoms in total. The zero-order valence-corrected chi connectivity index (χ0v) is 31.8. The molecule has 59 heavy (non-hydrogen) atoms. The van der Waals surface area contributed by atoms with Gasteiger partial charge in [-0.15, -0.1) is 0 Å². The van der Waals surface area contributed by atoms with Gasteiger partial charge >= 0.3 is 6.92 Å². The highest BCUT2D eigenvalue weighted by molar-refractivity contribution is 6.84. The summed E-state index contributed by atoms with van der Waals surface area (Å²) in [5.74, 6) is 2.49. The van der Waals surface area contributed by atoms with E-state index in [1.165, 1.54) is 43.6 Å². The maximum Gasteiger partial charge on any atom is 0.434 e. The third-order valence-electron chi connectivity index (χ3n) is 12.4. The molecule has 0 radical (unpaired) electrons. The lowest BCUT2D eigenvalue weighted by Gasteiger charge is -2.33. The summed E-state index contributed by atoms with van der Waals surface area (Å²) in [6.07, 6.45) is 0. The molecular formula is C54H33BN2O2. The van der Waals surface area contributed by atoms with Gasteiger partial charge in [-0.3, -0.25) is 0 Å². The van der Waals surface area contributed by atoms with Gasteiger partial charge in [0.05, 0.1) is 33.4 Å². The number of ether oxygens (including phenoxy) is 1. The van der Waals surface area contributed by atoms with E-state index in [1.54, 1.807) is 0 Å². The summed E-state index contributed by atoms with van der Waals surface area (Å²) in [4.78, 5) is 0. The molecule has 0 N–H and O–H groups in total. The summed E-state index contributed by atoms with van der Waals surface area (Å²) in [7, 11) is 0. The number of hydrogen-bond acceptors (Lipinski definition) is 2. The first-order valence-corrected chi connectivity index (χ1v) is 20.2. The summed E-state index contributed by atoms with van der Waals surface area (Å²) in [6.45, 7) is -0.347. The Hall–Kier alpha value is -7.76. The molecule has 0 bridgehead atoms. The first-order chi connectivity index (χ1) is 29.3. The lowest BCUT2D eigenvalue weighted by molar-refractivity contribution is 0.479. The number of hydrogen-bond donors (Lipinski definition) is 0. The lowest BCUT2D eigenvalue weighted by atomic mass is 9.50. The SMILES string of the molecule is c1ccc2c(c1)OB1c3cc(-c4ccccc4-n4c5ccccc5c5ccccc54)ccc3Oc3cc(-c4ccccc4-n4c5ccccc5c5ccccc54)cc-2c31. The van der Waals surface area contributed by atoms with Crippen LogP contribution in [0.1, 0.15) is 0 Å². The van der Waals surface area contributed by atoms with Crippen LogP contribution >= 0.6 is 0 Å². The maximum absolute atomic E-state index is 7.01. The van der Waals surface area contributed by atoms with Crippen LogP contribution in [-0.2, 0) is 0 Å². The largest absolute Gasteiger partial charge is 0.551 e. The molecule has 2 aliphatic rings. The molecule has 0 unspecified atom stereocenters. The standard InChI is InChI=1S/C54H33BN2O2/c1-8-22-45(56-47-24-10-3-17-38(47)39-18-4-11-25-48(39)56)36(15-1)34-29-30-52-44(32-34)55-54-43(42-21-7-14-28-51(42)59-55)31-35(33-53(54)58-52)37-16-2-9-23-46(37)57-49-26-12-5-19-40(49)41-20-6-13-27-50(41)57/h1-33H. The number of fused-ring (bicyclic) bond motifs is 10. The van der Waals surface area contributed by atoms with Crippen molar-refractivity contribution in [3.05, 3.63) is 200 Å². The molecule has 0 saturated heterocycles. The molecule has 2 aromatic heterocycles. The normalized spacial score (nSPS) is 12.6. The second kappa shape index (κ2) is 12.4. The Bertz CT molecular complexity index is 3430. The molecule has 0 spiro atoms. The molecule has 4 heterocycles. The van der Waals surface area contributed by atoms with Crippen LogP contribution in [-0.4, -0.2) is 16.0 Å². The van der Waals surface area contributed by atoms with Crippen molar-refractivity contribution >= 4 is 61.5 Å². The first kappa shape index (κ1) is 32.3. The van der Waals surface area contributed by atoms with Crippen molar-refractivity contribution < 1.29 is 9.39 Å². The number of nitrogens with zero attached hydrogens (tertiary/aromatic N) is 2. The van der Waals surface area contributed by atoms with E-state index in [0.717, 1.165) is 72.9 Å². The average molecular weight is 753 g/mol. The minimum atomic E-state index is -0.347. The topological polar surface area (TPSA) is 28.3 Å². The van der Waals surface area contributed by atoms with Crippen LogP contribution in [0.2, 0.25) is 0 Å². The van der Waals surface area contributed by atoms with Crippen molar-refractivity contribution in [2.75, 3.05) is 0 Å². The molecule has 274 valence electrons. The third-order valence-corrected chi connectivity index (χ3v) is 12.4. The molecule has 5 heteroatoms. The summed E-state index contributed by atoms with van der Waals surface area (Å²) >= 11 is 0. The highest BCUT2D eigenvalue weighted by Gasteiger charge is 2.41. The number of rotatable bonds is 4. The van der Waals surface area contributed by atoms with E-state index in [9.17, 15) is 0 Å². The minimum absolute atomic E-state index is 0.347. The van der Waals surface area contributed by atoms with E-state index in [0.29, 0.717) is 0 Å². The highest BCUT2D eigenvalue weighted by atomic mass is 16.5. The van der Waals surface area contributed by atoms with E-state index >= 15 is 0 Å². The average Bonchev–Trinajstić information content (AvgIpc) is 3.82. The van der Waals surface area contributed by atoms with Gasteiger partial charge in [-0.2, -0.15) is 0 Å². The van der Waals surface area contributed by atoms with Crippen LogP contribution in [0.5, 0.6) is 17.2 Å². The fraction of sp³-hybridized carbons (Fsp3) is 0. The smallest absolute Gasteiger partial charge is 0.434 e. The Morgan fingerprint density at radius 1 is 0.339 bits per heavy atom.